The van der Waals surface area contributed by atoms with Crippen molar-refractivity contribution in [2.75, 3.05) is 11.8 Å². The van der Waals surface area contributed by atoms with Crippen LogP contribution in [0.5, 0.6) is 0 Å². The quantitative estimate of drug-likeness (QED) is 0.853. The van der Waals surface area contributed by atoms with Crippen LogP contribution in [-0.2, 0) is 20.0 Å². The van der Waals surface area contributed by atoms with Crippen LogP contribution in [0.4, 0.5) is 10.1 Å². The Morgan fingerprint density at radius 2 is 1.39 bits per heavy atom. The largest absolute Gasteiger partial charge is 0.279 e. The molecule has 6 nitrogen and oxygen atoms in total. The molecule has 0 radical (unpaired) electrons. The van der Waals surface area contributed by atoms with Crippen molar-refractivity contribution < 1.29 is 21.2 Å². The van der Waals surface area contributed by atoms with E-state index >= 15 is 0 Å². The Morgan fingerprint density at radius 1 is 0.870 bits per heavy atom. The summed E-state index contributed by atoms with van der Waals surface area (Å²) >= 11 is 0. The van der Waals surface area contributed by atoms with E-state index in [0.717, 1.165) is 6.07 Å². The van der Waals surface area contributed by atoms with Crippen LogP contribution in [0.2, 0.25) is 0 Å². The van der Waals surface area contributed by atoms with Crippen LogP contribution in [0.3, 0.4) is 0 Å². The summed E-state index contributed by atoms with van der Waals surface area (Å²) < 4.78 is 65.4. The Balaban J connectivity index is 2.33. The molecule has 23 heavy (non-hydrogen) atoms. The normalized spacial score (nSPS) is 12.1. The maximum absolute atomic E-state index is 13.1. The van der Waals surface area contributed by atoms with Crippen LogP contribution < -0.4 is 9.44 Å². The first-order chi connectivity index (χ1) is 10.7. The topological polar surface area (TPSA) is 92.3 Å². The molecular weight excluding hydrogens is 343 g/mol. The van der Waals surface area contributed by atoms with E-state index in [1.54, 1.807) is 6.92 Å². The molecule has 0 aliphatic carbocycles. The highest BCUT2D eigenvalue weighted by molar-refractivity contribution is 7.92. The fraction of sp³-hybridized carbons (Fsp3) is 0.143. The first kappa shape index (κ1) is 17.4. The van der Waals surface area contributed by atoms with Crippen LogP contribution in [0.1, 0.15) is 5.56 Å². The summed E-state index contributed by atoms with van der Waals surface area (Å²) in [5.74, 6) is -0.466. The lowest BCUT2D eigenvalue weighted by Gasteiger charge is -2.11. The van der Waals surface area contributed by atoms with Gasteiger partial charge in [0.15, 0.2) is 0 Å². The lowest BCUT2D eigenvalue weighted by atomic mass is 10.2. The van der Waals surface area contributed by atoms with Crippen molar-refractivity contribution in [1.29, 1.82) is 0 Å². The highest BCUT2D eigenvalue weighted by Gasteiger charge is 2.17. The van der Waals surface area contributed by atoms with Crippen molar-refractivity contribution in [2.24, 2.45) is 0 Å². The molecule has 0 bridgehead atoms. The van der Waals surface area contributed by atoms with Crippen molar-refractivity contribution in [3.63, 3.8) is 0 Å². The van der Waals surface area contributed by atoms with Gasteiger partial charge in [-0.05, 0) is 62.0 Å². The maximum Gasteiger partial charge on any atom is 0.261 e. The molecule has 0 unspecified atom stereocenters. The van der Waals surface area contributed by atoms with Crippen LogP contribution in [0.25, 0.3) is 0 Å². The summed E-state index contributed by atoms with van der Waals surface area (Å²) in [6.07, 6.45) is 0. The molecule has 0 aliphatic heterocycles. The number of anilines is 1. The van der Waals surface area contributed by atoms with Gasteiger partial charge in [-0.2, -0.15) is 0 Å². The lowest BCUT2D eigenvalue weighted by Crippen LogP contribution is -2.19. The zero-order valence-electron chi connectivity index (χ0n) is 12.4. The Hall–Kier alpha value is -1.97. The van der Waals surface area contributed by atoms with E-state index in [1.807, 2.05) is 0 Å². The lowest BCUT2D eigenvalue weighted by molar-refractivity contribution is 0.587. The van der Waals surface area contributed by atoms with E-state index in [1.165, 1.54) is 43.4 Å². The zero-order chi connectivity index (χ0) is 17.3. The minimum absolute atomic E-state index is 0.0445. The molecule has 2 N–H and O–H groups in total. The molecule has 2 aromatic rings. The number of nitrogens with one attached hydrogen (secondary N) is 2. The molecule has 2 aromatic carbocycles. The molecule has 0 heterocycles. The van der Waals surface area contributed by atoms with Gasteiger partial charge in [-0.1, -0.05) is 0 Å². The van der Waals surface area contributed by atoms with Crippen molar-refractivity contribution in [3.05, 3.63) is 53.8 Å². The number of benzene rings is 2. The molecule has 0 amide bonds. The summed E-state index contributed by atoms with van der Waals surface area (Å²) in [4.78, 5) is -0.145. The summed E-state index contributed by atoms with van der Waals surface area (Å²) in [6, 6.07) is 8.43. The third-order valence-corrected chi connectivity index (χ3v) is 5.96. The van der Waals surface area contributed by atoms with Gasteiger partial charge in [0.25, 0.3) is 10.0 Å². The fourth-order valence-corrected chi connectivity index (χ4v) is 3.72. The Kier molecular flexibility index (Phi) is 4.73. The van der Waals surface area contributed by atoms with Crippen molar-refractivity contribution in [1.82, 2.24) is 4.72 Å². The highest BCUT2D eigenvalue weighted by Crippen LogP contribution is 2.21. The van der Waals surface area contributed by atoms with Crippen LogP contribution in [-0.4, -0.2) is 23.9 Å². The van der Waals surface area contributed by atoms with Crippen LogP contribution in [0.15, 0.2) is 52.3 Å². The number of rotatable bonds is 5. The van der Waals surface area contributed by atoms with Gasteiger partial charge in [-0.25, -0.2) is 25.9 Å². The second-order valence-corrected chi connectivity index (χ2v) is 8.31. The maximum atomic E-state index is 13.1. The Labute approximate surface area is 134 Å². The predicted octanol–water partition coefficient (Wildman–Crippen LogP) is 1.84. The highest BCUT2D eigenvalue weighted by atomic mass is 32.2. The molecule has 0 saturated carbocycles. The molecule has 0 aromatic heterocycles. The van der Waals surface area contributed by atoms with Crippen LogP contribution >= 0.6 is 0 Å². The molecule has 9 heteroatoms. The SMILES string of the molecule is CNS(=O)(=O)c1ccc(S(=O)(=O)Nc2ccc(F)cc2C)cc1. The molecule has 0 saturated heterocycles. The van der Waals surface area contributed by atoms with Crippen molar-refractivity contribution in [3.8, 4) is 0 Å². The van der Waals surface area contributed by atoms with E-state index in [-0.39, 0.29) is 15.5 Å². The molecule has 2 rings (SSSR count). The summed E-state index contributed by atoms with van der Waals surface area (Å²) in [5, 5.41) is 0. The average Bonchev–Trinajstić information content (AvgIpc) is 2.50. The van der Waals surface area contributed by atoms with E-state index in [2.05, 4.69) is 9.44 Å². The Morgan fingerprint density at radius 3 is 1.87 bits per heavy atom. The molecule has 0 atom stereocenters. The number of hydrogen-bond donors (Lipinski definition) is 2. The van der Waals surface area contributed by atoms with Gasteiger partial charge in [-0.3, -0.25) is 4.72 Å². The standard InChI is InChI=1S/C14H15FN2O4S2/c1-10-9-11(15)3-8-14(10)17-23(20,21)13-6-4-12(5-7-13)22(18,19)16-2/h3-9,16-17H,1-2H3. The second-order valence-electron chi connectivity index (χ2n) is 4.74. The first-order valence-electron chi connectivity index (χ1n) is 6.48. The number of aryl methyl sites for hydroxylation is 1. The Bertz CT molecular complexity index is 924. The third kappa shape index (κ3) is 3.87. The van der Waals surface area contributed by atoms with Gasteiger partial charge in [0, 0.05) is 0 Å². The summed E-state index contributed by atoms with van der Waals surface area (Å²) in [7, 11) is -6.28. The van der Waals surface area contributed by atoms with E-state index in [0.29, 0.717) is 5.56 Å². The molecule has 0 aliphatic rings. The molecule has 124 valence electrons. The van der Waals surface area contributed by atoms with Crippen molar-refractivity contribution >= 4 is 25.7 Å². The minimum Gasteiger partial charge on any atom is -0.279 e. The fourth-order valence-electron chi connectivity index (χ4n) is 1.86. The predicted molar refractivity (Wildman–Crippen MR) is 84.6 cm³/mol. The van der Waals surface area contributed by atoms with Crippen molar-refractivity contribution in [2.45, 2.75) is 16.7 Å². The third-order valence-electron chi connectivity index (χ3n) is 3.15. The van der Waals surface area contributed by atoms with Crippen LogP contribution in [0, 0.1) is 12.7 Å². The first-order valence-corrected chi connectivity index (χ1v) is 9.45. The van der Waals surface area contributed by atoms with E-state index in [9.17, 15) is 21.2 Å². The molecular formula is C14H15FN2O4S2. The van der Waals surface area contributed by atoms with Gasteiger partial charge in [0.1, 0.15) is 5.82 Å². The number of sulfonamides is 2. The van der Waals surface area contributed by atoms with Gasteiger partial charge >= 0.3 is 0 Å². The van der Waals surface area contributed by atoms with Gasteiger partial charge < -0.3 is 0 Å². The minimum atomic E-state index is -3.91. The molecule has 0 spiro atoms. The summed E-state index contributed by atoms with van der Waals surface area (Å²) in [5.41, 5.74) is 0.682. The van der Waals surface area contributed by atoms with Gasteiger partial charge in [0.05, 0.1) is 15.5 Å². The second kappa shape index (κ2) is 6.26. The van der Waals surface area contributed by atoms with Gasteiger partial charge in [0.2, 0.25) is 10.0 Å². The van der Waals surface area contributed by atoms with Gasteiger partial charge in [-0.15, -0.1) is 0 Å². The molecule has 0 fully saturated rings. The average molecular weight is 358 g/mol. The number of hydrogen-bond acceptors (Lipinski definition) is 4. The number of halogens is 1. The van der Waals surface area contributed by atoms with E-state index < -0.39 is 25.9 Å². The zero-order valence-corrected chi connectivity index (χ0v) is 14.0. The smallest absolute Gasteiger partial charge is 0.261 e. The summed E-state index contributed by atoms with van der Waals surface area (Å²) in [6.45, 7) is 1.57. The monoisotopic (exact) mass is 358 g/mol. The van der Waals surface area contributed by atoms with E-state index in [4.69, 9.17) is 0 Å².